The second kappa shape index (κ2) is 7.70. The minimum Gasteiger partial charge on any atom is -0.493 e. The minimum absolute atomic E-state index is 0.466. The van der Waals surface area contributed by atoms with Gasteiger partial charge in [-0.1, -0.05) is 35.5 Å². The third kappa shape index (κ3) is 5.17. The van der Waals surface area contributed by atoms with Crippen LogP contribution in [0.2, 0.25) is 0 Å². The molecule has 0 aliphatic heterocycles. The van der Waals surface area contributed by atoms with Gasteiger partial charge < -0.3 is 14.8 Å². The molecule has 0 atom stereocenters. The molecule has 1 N–H and O–H groups in total. The van der Waals surface area contributed by atoms with Gasteiger partial charge in [0.25, 0.3) is 0 Å². The van der Waals surface area contributed by atoms with Gasteiger partial charge in [-0.25, -0.2) is 0 Å². The second-order valence-corrected chi connectivity index (χ2v) is 6.20. The van der Waals surface area contributed by atoms with E-state index >= 15 is 0 Å². The smallest absolute Gasteiger partial charge is 0.128 e. The lowest BCUT2D eigenvalue weighted by Crippen LogP contribution is -2.16. The molecule has 1 saturated carbocycles. The van der Waals surface area contributed by atoms with Crippen molar-refractivity contribution >= 4 is 15.9 Å². The predicted molar refractivity (Wildman–Crippen MR) is 85.7 cm³/mol. The van der Waals surface area contributed by atoms with E-state index < -0.39 is 0 Å². The summed E-state index contributed by atoms with van der Waals surface area (Å²) in [6.07, 6.45) is 3.57. The van der Waals surface area contributed by atoms with Gasteiger partial charge in [-0.05, 0) is 25.3 Å². The van der Waals surface area contributed by atoms with Crippen molar-refractivity contribution in [3.63, 3.8) is 0 Å². The number of hydrogen-bond donors (Lipinski definition) is 1. The zero-order valence-corrected chi connectivity index (χ0v) is 13.5. The van der Waals surface area contributed by atoms with Gasteiger partial charge in [-0.15, -0.1) is 0 Å². The lowest BCUT2D eigenvalue weighted by molar-refractivity contribution is 0.311. The van der Waals surface area contributed by atoms with E-state index in [4.69, 9.17) is 9.47 Å². The lowest BCUT2D eigenvalue weighted by Gasteiger charge is -2.14. The van der Waals surface area contributed by atoms with Gasteiger partial charge in [0, 0.05) is 28.7 Å². The van der Waals surface area contributed by atoms with Gasteiger partial charge >= 0.3 is 0 Å². The Morgan fingerprint density at radius 1 is 1.40 bits per heavy atom. The molecule has 1 fully saturated rings. The average Bonchev–Trinajstić information content (AvgIpc) is 3.25. The number of benzene rings is 1. The molecular weight excluding hydrogens is 318 g/mol. The molecule has 0 heterocycles. The minimum atomic E-state index is 0.466. The fraction of sp³-hybridized carbons (Fsp3) is 0.500. The van der Waals surface area contributed by atoms with Crippen LogP contribution in [0.3, 0.4) is 0 Å². The van der Waals surface area contributed by atoms with E-state index in [-0.39, 0.29) is 0 Å². The largest absolute Gasteiger partial charge is 0.493 e. The van der Waals surface area contributed by atoms with E-state index in [0.29, 0.717) is 12.6 Å². The Kier molecular flexibility index (Phi) is 5.92. The SMILES string of the molecule is C=C(Br)COc1cc(OCCC)ccc1CNC1CC1. The molecular formula is C16H22BrNO2. The first-order valence-corrected chi connectivity index (χ1v) is 7.93. The number of ether oxygens (including phenoxy) is 2. The van der Waals surface area contributed by atoms with E-state index in [0.717, 1.165) is 41.1 Å². The van der Waals surface area contributed by atoms with Crippen molar-refractivity contribution in [1.29, 1.82) is 0 Å². The van der Waals surface area contributed by atoms with Crippen LogP contribution in [0.4, 0.5) is 0 Å². The summed E-state index contributed by atoms with van der Waals surface area (Å²) in [5.74, 6) is 1.73. The predicted octanol–water partition coefficient (Wildman–Crippen LogP) is 4.01. The van der Waals surface area contributed by atoms with E-state index in [2.05, 4.69) is 40.8 Å². The van der Waals surface area contributed by atoms with Crippen LogP contribution in [-0.2, 0) is 6.54 Å². The molecule has 0 spiro atoms. The average molecular weight is 340 g/mol. The molecule has 3 nitrogen and oxygen atoms in total. The fourth-order valence-electron chi connectivity index (χ4n) is 1.82. The molecule has 0 unspecified atom stereocenters. The molecule has 0 bridgehead atoms. The van der Waals surface area contributed by atoms with Crippen LogP contribution >= 0.6 is 15.9 Å². The highest BCUT2D eigenvalue weighted by Gasteiger charge is 2.20. The third-order valence-corrected chi connectivity index (χ3v) is 3.28. The Balaban J connectivity index is 2.03. The van der Waals surface area contributed by atoms with Crippen molar-refractivity contribution in [3.8, 4) is 11.5 Å². The van der Waals surface area contributed by atoms with E-state index in [9.17, 15) is 0 Å². The summed E-state index contributed by atoms with van der Waals surface area (Å²) in [6.45, 7) is 7.93. The molecule has 2 rings (SSSR count). The highest BCUT2D eigenvalue weighted by molar-refractivity contribution is 9.11. The van der Waals surface area contributed by atoms with Crippen LogP contribution < -0.4 is 14.8 Å². The Bertz CT molecular complexity index is 458. The van der Waals surface area contributed by atoms with Crippen molar-refractivity contribution in [2.45, 2.75) is 38.8 Å². The van der Waals surface area contributed by atoms with E-state index in [1.165, 1.54) is 12.8 Å². The summed E-state index contributed by atoms with van der Waals surface area (Å²) in [5.41, 5.74) is 1.16. The molecule has 0 saturated heterocycles. The van der Waals surface area contributed by atoms with Crippen LogP contribution in [0, 0.1) is 0 Å². The molecule has 0 aromatic heterocycles. The molecule has 1 aliphatic rings. The highest BCUT2D eigenvalue weighted by Crippen LogP contribution is 2.27. The Hall–Kier alpha value is -1.00. The zero-order valence-electron chi connectivity index (χ0n) is 12.0. The number of halogens is 1. The summed E-state index contributed by atoms with van der Waals surface area (Å²) in [6, 6.07) is 6.74. The monoisotopic (exact) mass is 339 g/mol. The van der Waals surface area contributed by atoms with E-state index in [1.807, 2.05) is 12.1 Å². The molecule has 0 amide bonds. The Morgan fingerprint density at radius 3 is 2.85 bits per heavy atom. The quantitative estimate of drug-likeness (QED) is 0.737. The van der Waals surface area contributed by atoms with E-state index in [1.54, 1.807) is 0 Å². The van der Waals surface area contributed by atoms with Gasteiger partial charge in [0.05, 0.1) is 6.61 Å². The normalized spacial score (nSPS) is 14.1. The van der Waals surface area contributed by atoms with Gasteiger partial charge in [0.1, 0.15) is 18.1 Å². The standard InChI is InChI=1S/C16H22BrNO2/c1-3-8-19-15-7-4-13(10-18-14-5-6-14)16(9-15)20-11-12(2)17/h4,7,9,14,18H,2-3,5-6,8,10-11H2,1H3. The number of rotatable bonds is 9. The molecule has 1 aliphatic carbocycles. The maximum atomic E-state index is 5.81. The first kappa shape index (κ1) is 15.4. The lowest BCUT2D eigenvalue weighted by atomic mass is 10.2. The summed E-state index contributed by atoms with van der Waals surface area (Å²) in [7, 11) is 0. The van der Waals surface area contributed by atoms with Crippen LogP contribution in [0.25, 0.3) is 0 Å². The summed E-state index contributed by atoms with van der Waals surface area (Å²) in [5, 5.41) is 3.51. The number of hydrogen-bond acceptors (Lipinski definition) is 3. The van der Waals surface area contributed by atoms with Crippen LogP contribution in [-0.4, -0.2) is 19.3 Å². The fourth-order valence-corrected chi connectivity index (χ4v) is 1.94. The molecule has 1 aromatic rings. The van der Waals surface area contributed by atoms with Crippen LogP contribution in [0.15, 0.2) is 29.3 Å². The molecule has 1 aromatic carbocycles. The topological polar surface area (TPSA) is 30.5 Å². The van der Waals surface area contributed by atoms with Crippen molar-refractivity contribution in [2.75, 3.05) is 13.2 Å². The van der Waals surface area contributed by atoms with Gasteiger partial charge in [-0.3, -0.25) is 0 Å². The Morgan fingerprint density at radius 2 is 2.20 bits per heavy atom. The molecule has 20 heavy (non-hydrogen) atoms. The number of nitrogens with one attached hydrogen (secondary N) is 1. The molecule has 110 valence electrons. The zero-order chi connectivity index (χ0) is 14.4. The van der Waals surface area contributed by atoms with Crippen LogP contribution in [0.1, 0.15) is 31.7 Å². The summed E-state index contributed by atoms with van der Waals surface area (Å²) in [4.78, 5) is 0. The summed E-state index contributed by atoms with van der Waals surface area (Å²) >= 11 is 3.32. The third-order valence-electron chi connectivity index (χ3n) is 3.05. The molecule has 4 heteroatoms. The maximum Gasteiger partial charge on any atom is 0.128 e. The van der Waals surface area contributed by atoms with Gasteiger partial charge in [0.15, 0.2) is 0 Å². The maximum absolute atomic E-state index is 5.81. The second-order valence-electron chi connectivity index (χ2n) is 5.08. The van der Waals surface area contributed by atoms with Crippen LogP contribution in [0.5, 0.6) is 11.5 Å². The highest BCUT2D eigenvalue weighted by atomic mass is 79.9. The van der Waals surface area contributed by atoms with Crippen molar-refractivity contribution in [3.05, 3.63) is 34.8 Å². The van der Waals surface area contributed by atoms with Gasteiger partial charge in [-0.2, -0.15) is 0 Å². The van der Waals surface area contributed by atoms with Crippen molar-refractivity contribution < 1.29 is 9.47 Å². The Labute approximate surface area is 129 Å². The first-order valence-electron chi connectivity index (χ1n) is 7.14. The van der Waals surface area contributed by atoms with Crippen molar-refractivity contribution in [1.82, 2.24) is 5.32 Å². The molecule has 0 radical (unpaired) electrons. The van der Waals surface area contributed by atoms with Gasteiger partial charge in [0.2, 0.25) is 0 Å². The first-order chi connectivity index (χ1) is 9.69. The summed E-state index contributed by atoms with van der Waals surface area (Å²) < 4.78 is 12.3. The van der Waals surface area contributed by atoms with Crippen molar-refractivity contribution in [2.24, 2.45) is 0 Å².